The summed E-state index contributed by atoms with van der Waals surface area (Å²) in [6, 6.07) is 4.43. The molecule has 21 heavy (non-hydrogen) atoms. The Bertz CT molecular complexity index is 528. The molecule has 0 spiro atoms. The lowest BCUT2D eigenvalue weighted by molar-refractivity contribution is -0.197. The van der Waals surface area contributed by atoms with E-state index >= 15 is 0 Å². The summed E-state index contributed by atoms with van der Waals surface area (Å²) in [6.07, 6.45) is -2.93. The first-order valence-corrected chi connectivity index (χ1v) is 6.96. The van der Waals surface area contributed by atoms with Crippen molar-refractivity contribution < 1.29 is 23.1 Å². The van der Waals surface area contributed by atoms with E-state index in [0.29, 0.717) is 24.1 Å². The van der Waals surface area contributed by atoms with Gasteiger partial charge in [0.1, 0.15) is 5.75 Å². The number of anilines is 1. The van der Waals surface area contributed by atoms with E-state index in [1.54, 1.807) is 13.0 Å². The molecule has 0 bridgehead atoms. The molecule has 0 radical (unpaired) electrons. The van der Waals surface area contributed by atoms with Crippen molar-refractivity contribution in [2.24, 2.45) is 11.8 Å². The molecule has 2 rings (SSSR count). The number of alkyl halides is 3. The van der Waals surface area contributed by atoms with Crippen LogP contribution in [0, 0.1) is 18.8 Å². The van der Waals surface area contributed by atoms with Gasteiger partial charge in [-0.1, -0.05) is 12.8 Å². The Morgan fingerprint density at radius 3 is 2.57 bits per heavy atom. The Morgan fingerprint density at radius 1 is 1.29 bits per heavy atom. The molecule has 6 heteroatoms. The number of aromatic hydroxyl groups is 1. The Morgan fingerprint density at radius 2 is 1.95 bits per heavy atom. The second-order valence-corrected chi connectivity index (χ2v) is 5.53. The lowest BCUT2D eigenvalue weighted by Crippen LogP contribution is -2.39. The summed E-state index contributed by atoms with van der Waals surface area (Å²) < 4.78 is 39.0. The Hall–Kier alpha value is -1.72. The fourth-order valence-corrected chi connectivity index (χ4v) is 2.80. The molecule has 0 saturated heterocycles. The largest absolute Gasteiger partial charge is 0.508 e. The van der Waals surface area contributed by atoms with Gasteiger partial charge in [0, 0.05) is 11.6 Å². The molecule has 1 saturated carbocycles. The maximum Gasteiger partial charge on any atom is 0.392 e. The van der Waals surface area contributed by atoms with Crippen molar-refractivity contribution in [1.82, 2.24) is 0 Å². The zero-order chi connectivity index (χ0) is 15.6. The third-order valence-corrected chi connectivity index (χ3v) is 3.99. The Labute approximate surface area is 121 Å². The number of nitrogens with one attached hydrogen (secondary N) is 1. The Balaban J connectivity index is 2.12. The second-order valence-electron chi connectivity index (χ2n) is 5.53. The number of hydrogen-bond acceptors (Lipinski definition) is 2. The molecule has 1 aliphatic carbocycles. The molecule has 1 aromatic rings. The normalized spacial score (nSPS) is 22.9. The monoisotopic (exact) mass is 301 g/mol. The van der Waals surface area contributed by atoms with Crippen molar-refractivity contribution in [3.8, 4) is 5.75 Å². The molecule has 3 nitrogen and oxygen atoms in total. The first kappa shape index (κ1) is 15.7. The van der Waals surface area contributed by atoms with Gasteiger partial charge >= 0.3 is 6.18 Å². The average Bonchev–Trinajstić information content (AvgIpc) is 2.42. The van der Waals surface area contributed by atoms with E-state index in [1.165, 1.54) is 12.1 Å². The molecule has 0 aromatic heterocycles. The van der Waals surface area contributed by atoms with Crippen LogP contribution in [0.5, 0.6) is 5.75 Å². The van der Waals surface area contributed by atoms with Gasteiger partial charge in [0.25, 0.3) is 0 Å². The van der Waals surface area contributed by atoms with Crippen LogP contribution in [0.2, 0.25) is 0 Å². The van der Waals surface area contributed by atoms with Crippen molar-refractivity contribution in [1.29, 1.82) is 0 Å². The van der Waals surface area contributed by atoms with Crippen LogP contribution in [0.25, 0.3) is 0 Å². The van der Waals surface area contributed by atoms with Crippen LogP contribution in [-0.4, -0.2) is 17.2 Å². The van der Waals surface area contributed by atoms with Crippen LogP contribution in [0.15, 0.2) is 18.2 Å². The SMILES string of the molecule is Cc1cc(NC(=O)C2CCCCC2C(F)(F)F)ccc1O. The number of aryl methyl sites for hydroxylation is 1. The minimum Gasteiger partial charge on any atom is -0.508 e. The van der Waals surface area contributed by atoms with Gasteiger partial charge in [-0.15, -0.1) is 0 Å². The molecule has 2 unspecified atom stereocenters. The highest BCUT2D eigenvalue weighted by molar-refractivity contribution is 5.93. The number of amides is 1. The van der Waals surface area contributed by atoms with E-state index in [1.807, 2.05) is 0 Å². The van der Waals surface area contributed by atoms with Crippen LogP contribution < -0.4 is 5.32 Å². The zero-order valence-corrected chi connectivity index (χ0v) is 11.7. The summed E-state index contributed by atoms with van der Waals surface area (Å²) in [7, 11) is 0. The smallest absolute Gasteiger partial charge is 0.392 e. The van der Waals surface area contributed by atoms with E-state index in [4.69, 9.17) is 0 Å². The fraction of sp³-hybridized carbons (Fsp3) is 0.533. The number of phenols is 1. The number of phenolic OH excluding ortho intramolecular Hbond substituents is 1. The van der Waals surface area contributed by atoms with E-state index in [9.17, 15) is 23.1 Å². The minimum atomic E-state index is -4.34. The van der Waals surface area contributed by atoms with Gasteiger partial charge in [-0.2, -0.15) is 13.2 Å². The number of benzene rings is 1. The van der Waals surface area contributed by atoms with Crippen molar-refractivity contribution in [2.75, 3.05) is 5.32 Å². The summed E-state index contributed by atoms with van der Waals surface area (Å²) >= 11 is 0. The highest BCUT2D eigenvalue weighted by atomic mass is 19.4. The number of carbonyl (C=O) groups excluding carboxylic acids is 1. The third-order valence-electron chi connectivity index (χ3n) is 3.99. The van der Waals surface area contributed by atoms with Crippen molar-refractivity contribution in [2.45, 2.75) is 38.8 Å². The molecule has 0 heterocycles. The molecule has 1 aromatic carbocycles. The molecule has 1 amide bonds. The lowest BCUT2D eigenvalue weighted by Gasteiger charge is -2.32. The predicted octanol–water partition coefficient (Wildman–Crippen LogP) is 4.01. The van der Waals surface area contributed by atoms with Crippen LogP contribution >= 0.6 is 0 Å². The predicted molar refractivity (Wildman–Crippen MR) is 73.0 cm³/mol. The van der Waals surface area contributed by atoms with Crippen LogP contribution in [-0.2, 0) is 4.79 Å². The second kappa shape index (κ2) is 5.95. The maximum atomic E-state index is 13.0. The van der Waals surface area contributed by atoms with Crippen molar-refractivity contribution >= 4 is 11.6 Å². The molecule has 1 aliphatic rings. The van der Waals surface area contributed by atoms with Gasteiger partial charge in [0.05, 0.1) is 5.92 Å². The van der Waals surface area contributed by atoms with E-state index in [0.717, 1.165) is 0 Å². The maximum absolute atomic E-state index is 13.0. The lowest BCUT2D eigenvalue weighted by atomic mass is 9.78. The van der Waals surface area contributed by atoms with Crippen LogP contribution in [0.4, 0.5) is 18.9 Å². The zero-order valence-electron chi connectivity index (χ0n) is 11.7. The number of halogens is 3. The van der Waals surface area contributed by atoms with Crippen LogP contribution in [0.3, 0.4) is 0 Å². The number of hydrogen-bond donors (Lipinski definition) is 2. The average molecular weight is 301 g/mol. The fourth-order valence-electron chi connectivity index (χ4n) is 2.80. The van der Waals surface area contributed by atoms with E-state index in [-0.39, 0.29) is 18.6 Å². The molecule has 0 aliphatic heterocycles. The molecule has 2 atom stereocenters. The van der Waals surface area contributed by atoms with Gasteiger partial charge in [0.15, 0.2) is 0 Å². The highest BCUT2D eigenvalue weighted by Crippen LogP contribution is 2.41. The molecule has 2 N–H and O–H groups in total. The summed E-state index contributed by atoms with van der Waals surface area (Å²) in [5.74, 6) is -3.11. The van der Waals surface area contributed by atoms with E-state index < -0.39 is 23.9 Å². The highest BCUT2D eigenvalue weighted by Gasteiger charge is 2.48. The van der Waals surface area contributed by atoms with Gasteiger partial charge in [-0.05, 0) is 43.5 Å². The quantitative estimate of drug-likeness (QED) is 0.811. The minimum absolute atomic E-state index is 0.0101. The van der Waals surface area contributed by atoms with Gasteiger partial charge < -0.3 is 10.4 Å². The van der Waals surface area contributed by atoms with Gasteiger partial charge in [-0.25, -0.2) is 0 Å². The summed E-state index contributed by atoms with van der Waals surface area (Å²) in [5, 5.41) is 11.9. The Kier molecular flexibility index (Phi) is 4.44. The van der Waals surface area contributed by atoms with E-state index in [2.05, 4.69) is 5.32 Å². The van der Waals surface area contributed by atoms with Crippen molar-refractivity contribution in [3.05, 3.63) is 23.8 Å². The van der Waals surface area contributed by atoms with Crippen LogP contribution in [0.1, 0.15) is 31.2 Å². The van der Waals surface area contributed by atoms with Crippen molar-refractivity contribution in [3.63, 3.8) is 0 Å². The summed E-state index contributed by atoms with van der Waals surface area (Å²) in [4.78, 5) is 12.1. The standard InChI is InChI=1S/C15H18F3NO2/c1-9-8-10(6-7-13(9)20)19-14(21)11-4-2-3-5-12(11)15(16,17)18/h6-8,11-12,20H,2-5H2,1H3,(H,19,21). The first-order chi connectivity index (χ1) is 9.79. The van der Waals surface area contributed by atoms with Gasteiger partial charge in [0.2, 0.25) is 5.91 Å². The number of carbonyl (C=O) groups is 1. The van der Waals surface area contributed by atoms with Gasteiger partial charge in [-0.3, -0.25) is 4.79 Å². The first-order valence-electron chi connectivity index (χ1n) is 6.96. The molecule has 1 fully saturated rings. The summed E-state index contributed by atoms with van der Waals surface area (Å²) in [6.45, 7) is 1.66. The number of rotatable bonds is 2. The third kappa shape index (κ3) is 3.68. The topological polar surface area (TPSA) is 49.3 Å². The molecular formula is C15H18F3NO2. The molecule has 116 valence electrons. The summed E-state index contributed by atoms with van der Waals surface area (Å²) in [5.41, 5.74) is 0.964. The molecular weight excluding hydrogens is 283 g/mol.